The minimum absolute atomic E-state index is 0.296. The van der Waals surface area contributed by atoms with Crippen molar-refractivity contribution in [3.8, 4) is 11.3 Å². The second-order valence-corrected chi connectivity index (χ2v) is 8.94. The number of benzene rings is 1. The van der Waals surface area contributed by atoms with E-state index >= 15 is 0 Å². The molecule has 0 aliphatic carbocycles. The van der Waals surface area contributed by atoms with Gasteiger partial charge in [-0.25, -0.2) is 8.42 Å². The summed E-state index contributed by atoms with van der Waals surface area (Å²) in [6.07, 6.45) is 2.40. The third-order valence-corrected chi connectivity index (χ3v) is 7.05. The summed E-state index contributed by atoms with van der Waals surface area (Å²) in [4.78, 5) is 2.24. The Kier molecular flexibility index (Phi) is 4.60. The molecule has 1 N–H and O–H groups in total. The van der Waals surface area contributed by atoms with Crippen LogP contribution in [0.25, 0.3) is 11.3 Å². The summed E-state index contributed by atoms with van der Waals surface area (Å²) in [5.41, 5.74) is 2.17. The summed E-state index contributed by atoms with van der Waals surface area (Å²) < 4.78 is 27.4. The number of aromatic nitrogens is 2. The van der Waals surface area contributed by atoms with Gasteiger partial charge in [-0.3, -0.25) is 4.72 Å². The van der Waals surface area contributed by atoms with Crippen LogP contribution in [0.2, 0.25) is 0 Å². The van der Waals surface area contributed by atoms with Crippen molar-refractivity contribution < 1.29 is 8.42 Å². The smallest absolute Gasteiger partial charge is 0.271 e. The minimum atomic E-state index is -3.53. The maximum absolute atomic E-state index is 12.3. The fourth-order valence-electron chi connectivity index (χ4n) is 2.92. The average molecular weight is 387 g/mol. The number of nitrogens with one attached hydrogen (secondary N) is 1. The van der Waals surface area contributed by atoms with Crippen molar-refractivity contribution in [3.05, 3.63) is 53.9 Å². The monoisotopic (exact) mass is 386 g/mol. The lowest BCUT2D eigenvalue weighted by molar-refractivity contribution is 0.603. The third kappa shape index (κ3) is 3.56. The molecule has 2 aromatic heterocycles. The molecular formula is C18H18N4O2S2. The molecule has 0 amide bonds. The Balaban J connectivity index is 1.49. The molecule has 8 heteroatoms. The van der Waals surface area contributed by atoms with Crippen LogP contribution in [0.3, 0.4) is 0 Å². The molecule has 4 rings (SSSR count). The highest BCUT2D eigenvalue weighted by molar-refractivity contribution is 7.94. The SMILES string of the molecule is O=S(=O)(Nc1ccc(-c2ccc(N3CCCC3)nn2)cc1)c1cccs1. The minimum Gasteiger partial charge on any atom is -0.355 e. The van der Waals surface area contributed by atoms with Crippen LogP contribution in [0.4, 0.5) is 11.5 Å². The van der Waals surface area contributed by atoms with Gasteiger partial charge in [0.15, 0.2) is 5.82 Å². The van der Waals surface area contributed by atoms with Crippen molar-refractivity contribution in [3.63, 3.8) is 0 Å². The van der Waals surface area contributed by atoms with Gasteiger partial charge in [0.25, 0.3) is 10.0 Å². The quantitative estimate of drug-likeness (QED) is 0.725. The first kappa shape index (κ1) is 17.0. The van der Waals surface area contributed by atoms with Crippen LogP contribution in [-0.4, -0.2) is 31.7 Å². The number of anilines is 2. The second kappa shape index (κ2) is 7.05. The zero-order valence-corrected chi connectivity index (χ0v) is 15.6. The highest BCUT2D eigenvalue weighted by atomic mass is 32.2. The predicted octanol–water partition coefficient (Wildman–Crippen LogP) is 3.61. The van der Waals surface area contributed by atoms with Crippen molar-refractivity contribution in [2.75, 3.05) is 22.7 Å². The summed E-state index contributed by atoms with van der Waals surface area (Å²) in [6, 6.07) is 14.4. The fraction of sp³-hybridized carbons (Fsp3) is 0.222. The highest BCUT2D eigenvalue weighted by Gasteiger charge is 2.16. The topological polar surface area (TPSA) is 75.2 Å². The van der Waals surface area contributed by atoms with E-state index < -0.39 is 10.0 Å². The van der Waals surface area contributed by atoms with Gasteiger partial charge in [-0.15, -0.1) is 21.5 Å². The average Bonchev–Trinajstić information content (AvgIpc) is 3.36. The van der Waals surface area contributed by atoms with Crippen molar-refractivity contribution in [1.29, 1.82) is 0 Å². The number of thiophene rings is 1. The molecule has 3 heterocycles. The van der Waals surface area contributed by atoms with E-state index in [2.05, 4.69) is 19.8 Å². The molecule has 1 aliphatic heterocycles. The number of rotatable bonds is 5. The Morgan fingerprint density at radius 1 is 0.962 bits per heavy atom. The van der Waals surface area contributed by atoms with E-state index in [1.165, 1.54) is 24.2 Å². The summed E-state index contributed by atoms with van der Waals surface area (Å²) in [7, 11) is -3.53. The van der Waals surface area contributed by atoms with Gasteiger partial charge >= 0.3 is 0 Å². The normalized spacial score (nSPS) is 14.5. The molecule has 0 unspecified atom stereocenters. The first-order valence-electron chi connectivity index (χ1n) is 8.37. The van der Waals surface area contributed by atoms with Gasteiger partial charge < -0.3 is 4.90 Å². The summed E-state index contributed by atoms with van der Waals surface area (Å²) in [5, 5.41) is 10.4. The van der Waals surface area contributed by atoms with E-state index in [-0.39, 0.29) is 0 Å². The molecule has 134 valence electrons. The molecule has 6 nitrogen and oxygen atoms in total. The lowest BCUT2D eigenvalue weighted by atomic mass is 10.1. The lowest BCUT2D eigenvalue weighted by Crippen LogP contribution is -2.19. The molecule has 1 saturated heterocycles. The first-order chi connectivity index (χ1) is 12.6. The van der Waals surface area contributed by atoms with Crippen molar-refractivity contribution in [1.82, 2.24) is 10.2 Å². The maximum Gasteiger partial charge on any atom is 0.271 e. The van der Waals surface area contributed by atoms with E-state index in [9.17, 15) is 8.42 Å². The van der Waals surface area contributed by atoms with Gasteiger partial charge in [-0.05, 0) is 48.6 Å². The van der Waals surface area contributed by atoms with E-state index in [1.807, 2.05) is 24.3 Å². The van der Waals surface area contributed by atoms with Gasteiger partial charge in [-0.2, -0.15) is 0 Å². The Hall–Kier alpha value is -2.45. The standard InChI is InChI=1S/C18H18N4O2S2/c23-26(24,18-4-3-13-25-18)21-15-7-5-14(6-8-15)16-9-10-17(20-19-16)22-11-1-2-12-22/h3-10,13,21H,1-2,11-12H2. The van der Waals surface area contributed by atoms with Gasteiger partial charge in [0, 0.05) is 24.3 Å². The van der Waals surface area contributed by atoms with Crippen LogP contribution in [0, 0.1) is 0 Å². The Bertz CT molecular complexity index is 963. The lowest BCUT2D eigenvalue weighted by Gasteiger charge is -2.15. The maximum atomic E-state index is 12.3. The van der Waals surface area contributed by atoms with Crippen LogP contribution in [0.1, 0.15) is 12.8 Å². The van der Waals surface area contributed by atoms with E-state index in [0.29, 0.717) is 9.90 Å². The van der Waals surface area contributed by atoms with Crippen LogP contribution in [-0.2, 0) is 10.0 Å². The van der Waals surface area contributed by atoms with Crippen molar-refractivity contribution >= 4 is 32.9 Å². The number of nitrogens with zero attached hydrogens (tertiary/aromatic N) is 3. The fourth-order valence-corrected chi connectivity index (χ4v) is 4.98. The molecule has 0 atom stereocenters. The van der Waals surface area contributed by atoms with E-state index in [0.717, 1.165) is 30.2 Å². The molecular weight excluding hydrogens is 368 g/mol. The molecule has 1 aromatic carbocycles. The molecule has 26 heavy (non-hydrogen) atoms. The van der Waals surface area contributed by atoms with E-state index in [1.54, 1.807) is 29.6 Å². The van der Waals surface area contributed by atoms with E-state index in [4.69, 9.17) is 0 Å². The Morgan fingerprint density at radius 3 is 2.35 bits per heavy atom. The Morgan fingerprint density at radius 2 is 1.73 bits per heavy atom. The summed E-state index contributed by atoms with van der Waals surface area (Å²) in [6.45, 7) is 2.07. The molecule has 1 aliphatic rings. The van der Waals surface area contributed by atoms with Crippen LogP contribution < -0.4 is 9.62 Å². The zero-order valence-electron chi connectivity index (χ0n) is 14.0. The van der Waals surface area contributed by atoms with Crippen LogP contribution in [0.5, 0.6) is 0 Å². The van der Waals surface area contributed by atoms with Gasteiger partial charge in [-0.1, -0.05) is 18.2 Å². The summed E-state index contributed by atoms with van der Waals surface area (Å²) >= 11 is 1.19. The number of sulfonamides is 1. The molecule has 0 saturated carbocycles. The van der Waals surface area contributed by atoms with Crippen molar-refractivity contribution in [2.24, 2.45) is 0 Å². The zero-order chi connectivity index (χ0) is 18.0. The van der Waals surface area contributed by atoms with Gasteiger partial charge in [0.2, 0.25) is 0 Å². The number of hydrogen-bond donors (Lipinski definition) is 1. The Labute approximate surface area is 156 Å². The van der Waals surface area contributed by atoms with Crippen LogP contribution in [0.15, 0.2) is 58.1 Å². The molecule has 3 aromatic rings. The first-order valence-corrected chi connectivity index (χ1v) is 10.7. The van der Waals surface area contributed by atoms with Crippen LogP contribution >= 0.6 is 11.3 Å². The predicted molar refractivity (Wildman–Crippen MR) is 104 cm³/mol. The highest BCUT2D eigenvalue weighted by Crippen LogP contribution is 2.24. The van der Waals surface area contributed by atoms with Gasteiger partial charge in [0.1, 0.15) is 4.21 Å². The van der Waals surface area contributed by atoms with Gasteiger partial charge in [0.05, 0.1) is 5.69 Å². The molecule has 1 fully saturated rings. The largest absolute Gasteiger partial charge is 0.355 e. The third-order valence-electron chi connectivity index (χ3n) is 4.27. The second-order valence-electron chi connectivity index (χ2n) is 6.09. The van der Waals surface area contributed by atoms with Crippen molar-refractivity contribution in [2.45, 2.75) is 17.1 Å². The molecule has 0 radical (unpaired) electrons. The molecule has 0 spiro atoms. The summed E-state index contributed by atoms with van der Waals surface area (Å²) in [5.74, 6) is 0.909. The molecule has 0 bridgehead atoms. The number of hydrogen-bond acceptors (Lipinski definition) is 6.